The van der Waals surface area contributed by atoms with Gasteiger partial charge in [0, 0.05) is 30.8 Å². The van der Waals surface area contributed by atoms with Gasteiger partial charge in [0.2, 0.25) is 0 Å². The Kier molecular flexibility index (Phi) is 7.39. The number of rotatable bonds is 8. The van der Waals surface area contributed by atoms with E-state index in [1.807, 2.05) is 32.1 Å². The molecule has 0 radical (unpaired) electrons. The maximum Gasteiger partial charge on any atom is 0.310 e. The Balaban J connectivity index is 1.87. The molecule has 170 valence electrons. The summed E-state index contributed by atoms with van der Waals surface area (Å²) < 4.78 is 11.7. The molecule has 5 nitrogen and oxygen atoms in total. The van der Waals surface area contributed by atoms with E-state index in [0.29, 0.717) is 23.5 Å². The quantitative estimate of drug-likeness (QED) is 0.225. The molecule has 0 atom stereocenters. The standard InChI is InChI=1S/C27H33NO4/c1-6-25(30)31-24-16-14-21(26-22(24)17-18-27(4,5)32-26)23(29)15-11-19-9-12-20(13-10-19)28(7-2)8-3/h9-16H,6-8,17-18H2,1-5H3/b15-11+. The molecule has 0 aromatic heterocycles. The summed E-state index contributed by atoms with van der Waals surface area (Å²) in [5, 5.41) is 0. The van der Waals surface area contributed by atoms with E-state index < -0.39 is 0 Å². The minimum atomic E-state index is -0.389. The summed E-state index contributed by atoms with van der Waals surface area (Å²) in [6.07, 6.45) is 5.15. The second-order valence-corrected chi connectivity index (χ2v) is 8.57. The van der Waals surface area contributed by atoms with Crippen molar-refractivity contribution in [3.63, 3.8) is 0 Å². The first-order chi connectivity index (χ1) is 15.3. The van der Waals surface area contributed by atoms with Crippen LogP contribution in [0.2, 0.25) is 0 Å². The van der Waals surface area contributed by atoms with Gasteiger partial charge in [-0.15, -0.1) is 0 Å². The Bertz CT molecular complexity index is 1000. The lowest BCUT2D eigenvalue weighted by molar-refractivity contribution is -0.134. The molecule has 0 spiro atoms. The van der Waals surface area contributed by atoms with Crippen molar-refractivity contribution in [3.8, 4) is 11.5 Å². The zero-order valence-electron chi connectivity index (χ0n) is 19.7. The smallest absolute Gasteiger partial charge is 0.310 e. The highest BCUT2D eigenvalue weighted by atomic mass is 16.5. The molecule has 0 fully saturated rings. The highest BCUT2D eigenvalue weighted by molar-refractivity contribution is 6.09. The number of nitrogens with zero attached hydrogens (tertiary/aromatic N) is 1. The van der Waals surface area contributed by atoms with Crippen LogP contribution in [0.3, 0.4) is 0 Å². The van der Waals surface area contributed by atoms with Gasteiger partial charge in [-0.3, -0.25) is 9.59 Å². The van der Waals surface area contributed by atoms with E-state index in [-0.39, 0.29) is 23.8 Å². The summed E-state index contributed by atoms with van der Waals surface area (Å²) in [5.41, 5.74) is 3.01. The van der Waals surface area contributed by atoms with Gasteiger partial charge in [0.25, 0.3) is 0 Å². The van der Waals surface area contributed by atoms with Crippen molar-refractivity contribution in [3.05, 3.63) is 59.2 Å². The van der Waals surface area contributed by atoms with Gasteiger partial charge in [0.1, 0.15) is 17.1 Å². The van der Waals surface area contributed by atoms with E-state index >= 15 is 0 Å². The molecule has 0 unspecified atom stereocenters. The van der Waals surface area contributed by atoms with Crippen LogP contribution in [-0.2, 0) is 11.2 Å². The number of hydrogen-bond acceptors (Lipinski definition) is 5. The van der Waals surface area contributed by atoms with E-state index in [1.54, 1.807) is 25.1 Å². The van der Waals surface area contributed by atoms with Crippen LogP contribution in [0, 0.1) is 0 Å². The molecule has 1 heterocycles. The summed E-state index contributed by atoms with van der Waals surface area (Å²) in [6, 6.07) is 11.6. The molecule has 2 aromatic rings. The van der Waals surface area contributed by atoms with E-state index in [2.05, 4.69) is 30.9 Å². The first-order valence-electron chi connectivity index (χ1n) is 11.4. The van der Waals surface area contributed by atoms with Crippen LogP contribution >= 0.6 is 0 Å². The number of allylic oxidation sites excluding steroid dienone is 1. The van der Waals surface area contributed by atoms with Gasteiger partial charge >= 0.3 is 5.97 Å². The first kappa shape index (κ1) is 23.6. The van der Waals surface area contributed by atoms with Crippen molar-refractivity contribution < 1.29 is 19.1 Å². The summed E-state index contributed by atoms with van der Waals surface area (Å²) in [5.74, 6) is 0.563. The van der Waals surface area contributed by atoms with Crippen molar-refractivity contribution >= 4 is 23.5 Å². The number of ketones is 1. The molecule has 1 aliphatic rings. The lowest BCUT2D eigenvalue weighted by Gasteiger charge is -2.34. The summed E-state index contributed by atoms with van der Waals surface area (Å²) in [4.78, 5) is 27.2. The van der Waals surface area contributed by atoms with Crippen molar-refractivity contribution in [2.45, 2.75) is 59.5 Å². The predicted octanol–water partition coefficient (Wildman–Crippen LogP) is 5.85. The largest absolute Gasteiger partial charge is 0.487 e. The lowest BCUT2D eigenvalue weighted by atomic mass is 9.91. The van der Waals surface area contributed by atoms with Crippen LogP contribution in [0.15, 0.2) is 42.5 Å². The van der Waals surface area contributed by atoms with E-state index in [1.165, 1.54) is 5.69 Å². The predicted molar refractivity (Wildman–Crippen MR) is 129 cm³/mol. The number of anilines is 1. The normalized spacial score (nSPS) is 14.5. The minimum absolute atomic E-state index is 0.139. The van der Waals surface area contributed by atoms with Gasteiger partial charge in [0.15, 0.2) is 5.78 Å². The van der Waals surface area contributed by atoms with Gasteiger partial charge in [-0.25, -0.2) is 0 Å². The monoisotopic (exact) mass is 435 g/mol. The van der Waals surface area contributed by atoms with Crippen LogP contribution in [0.4, 0.5) is 5.69 Å². The van der Waals surface area contributed by atoms with Crippen LogP contribution in [0.1, 0.15) is 68.9 Å². The topological polar surface area (TPSA) is 55.8 Å². The van der Waals surface area contributed by atoms with Crippen molar-refractivity contribution in [2.24, 2.45) is 0 Å². The second-order valence-electron chi connectivity index (χ2n) is 8.57. The zero-order chi connectivity index (χ0) is 23.3. The Morgan fingerprint density at radius 2 is 1.75 bits per heavy atom. The molecule has 2 aromatic carbocycles. The molecule has 0 aliphatic carbocycles. The Hall–Kier alpha value is -3.08. The maximum absolute atomic E-state index is 13.1. The molecule has 0 bridgehead atoms. The average Bonchev–Trinajstić information content (AvgIpc) is 2.78. The van der Waals surface area contributed by atoms with Gasteiger partial charge in [-0.05, 0) is 76.4 Å². The van der Waals surface area contributed by atoms with Crippen LogP contribution in [0.25, 0.3) is 6.08 Å². The van der Waals surface area contributed by atoms with Gasteiger partial charge in [-0.1, -0.05) is 25.1 Å². The minimum Gasteiger partial charge on any atom is -0.487 e. The van der Waals surface area contributed by atoms with Crippen LogP contribution in [-0.4, -0.2) is 30.4 Å². The number of hydrogen-bond donors (Lipinski definition) is 0. The van der Waals surface area contributed by atoms with Crippen LogP contribution in [0.5, 0.6) is 11.5 Å². The van der Waals surface area contributed by atoms with Crippen molar-refractivity contribution in [2.75, 3.05) is 18.0 Å². The molecular formula is C27H33NO4. The average molecular weight is 436 g/mol. The molecule has 0 saturated heterocycles. The number of fused-ring (bicyclic) bond motifs is 1. The Morgan fingerprint density at radius 1 is 1.06 bits per heavy atom. The third-order valence-corrected chi connectivity index (χ3v) is 5.80. The number of carbonyl (C=O) groups excluding carboxylic acids is 2. The lowest BCUT2D eigenvalue weighted by Crippen LogP contribution is -2.33. The third-order valence-electron chi connectivity index (χ3n) is 5.80. The summed E-state index contributed by atoms with van der Waals surface area (Å²) >= 11 is 0. The molecular weight excluding hydrogens is 402 g/mol. The molecule has 0 saturated carbocycles. The van der Waals surface area contributed by atoms with Crippen molar-refractivity contribution in [1.29, 1.82) is 0 Å². The van der Waals surface area contributed by atoms with E-state index in [4.69, 9.17) is 9.47 Å². The summed E-state index contributed by atoms with van der Waals surface area (Å²) in [6.45, 7) is 11.9. The second kappa shape index (κ2) is 10.0. The fourth-order valence-electron chi connectivity index (χ4n) is 3.85. The van der Waals surface area contributed by atoms with Crippen LogP contribution < -0.4 is 14.4 Å². The number of ether oxygens (including phenoxy) is 2. The molecule has 0 amide bonds. The Morgan fingerprint density at radius 3 is 2.38 bits per heavy atom. The molecule has 3 rings (SSSR count). The SMILES string of the molecule is CCC(=O)Oc1ccc(C(=O)/C=C/c2ccc(N(CC)CC)cc2)c2c1CCC(C)(C)O2. The molecule has 1 aliphatic heterocycles. The third kappa shape index (κ3) is 5.39. The molecule has 0 N–H and O–H groups in total. The number of benzene rings is 2. The highest BCUT2D eigenvalue weighted by Crippen LogP contribution is 2.41. The van der Waals surface area contributed by atoms with E-state index in [0.717, 1.165) is 30.6 Å². The van der Waals surface area contributed by atoms with E-state index in [9.17, 15) is 9.59 Å². The summed E-state index contributed by atoms with van der Waals surface area (Å²) in [7, 11) is 0. The molecule has 5 heteroatoms. The first-order valence-corrected chi connectivity index (χ1v) is 11.4. The van der Waals surface area contributed by atoms with Gasteiger partial charge in [0.05, 0.1) is 5.56 Å². The Labute approximate surface area is 191 Å². The fourth-order valence-corrected chi connectivity index (χ4v) is 3.85. The van der Waals surface area contributed by atoms with Crippen molar-refractivity contribution in [1.82, 2.24) is 0 Å². The van der Waals surface area contributed by atoms with Gasteiger partial charge < -0.3 is 14.4 Å². The molecule has 32 heavy (non-hydrogen) atoms. The zero-order valence-corrected chi connectivity index (χ0v) is 19.7. The maximum atomic E-state index is 13.1. The highest BCUT2D eigenvalue weighted by Gasteiger charge is 2.32. The van der Waals surface area contributed by atoms with Gasteiger partial charge in [-0.2, -0.15) is 0 Å². The number of esters is 1. The number of carbonyl (C=O) groups is 2. The fraction of sp³-hybridized carbons (Fsp3) is 0.407.